The summed E-state index contributed by atoms with van der Waals surface area (Å²) in [5.41, 5.74) is 0.644. The van der Waals surface area contributed by atoms with Crippen molar-refractivity contribution in [2.45, 2.75) is 44.2 Å². The first kappa shape index (κ1) is 14.1. The van der Waals surface area contributed by atoms with Gasteiger partial charge in [-0.2, -0.15) is 0 Å². The van der Waals surface area contributed by atoms with Gasteiger partial charge in [0.25, 0.3) is 0 Å². The number of carbonyl (C=O) groups is 1. The van der Waals surface area contributed by atoms with Gasteiger partial charge in [0, 0.05) is 6.42 Å². The fourth-order valence-electron chi connectivity index (χ4n) is 3.14. The number of carbonyl (C=O) groups excluding carboxylic acids is 1. The van der Waals surface area contributed by atoms with Crippen molar-refractivity contribution in [2.75, 3.05) is 14.1 Å². The zero-order valence-electron chi connectivity index (χ0n) is 12.1. The van der Waals surface area contributed by atoms with Crippen LogP contribution in [0, 0.1) is 0 Å². The zero-order valence-corrected chi connectivity index (χ0v) is 12.1. The van der Waals surface area contributed by atoms with Crippen LogP contribution in [0.15, 0.2) is 30.3 Å². The molecule has 0 aliphatic heterocycles. The van der Waals surface area contributed by atoms with Gasteiger partial charge in [0.15, 0.2) is 5.60 Å². The number of benzene rings is 1. The second-order valence-corrected chi connectivity index (χ2v) is 5.45. The molecular weight excluding hydrogens is 238 g/mol. The minimum atomic E-state index is -0.474. The Morgan fingerprint density at radius 3 is 2.63 bits per heavy atom. The third-order valence-electron chi connectivity index (χ3n) is 4.03. The van der Waals surface area contributed by atoms with Crippen LogP contribution in [0.3, 0.4) is 0 Å². The molecule has 2 rings (SSSR count). The molecule has 0 amide bonds. The molecule has 1 aromatic carbocycles. The SMILES string of the molecule is CCC(=O)OC1(c2ccccc2)CCC[C@H]1N(C)C. The normalized spacial score (nSPS) is 26.6. The highest BCUT2D eigenvalue weighted by molar-refractivity contribution is 5.70. The quantitative estimate of drug-likeness (QED) is 0.780. The minimum absolute atomic E-state index is 0.113. The highest BCUT2D eigenvalue weighted by Gasteiger charge is 2.48. The molecular formula is C16H23NO2. The third kappa shape index (κ3) is 2.66. The Labute approximate surface area is 115 Å². The van der Waals surface area contributed by atoms with Gasteiger partial charge < -0.3 is 9.64 Å². The first-order valence-corrected chi connectivity index (χ1v) is 7.04. The molecule has 0 heterocycles. The van der Waals surface area contributed by atoms with E-state index in [0.717, 1.165) is 24.8 Å². The highest BCUT2D eigenvalue weighted by Crippen LogP contribution is 2.44. The molecule has 0 N–H and O–H groups in total. The second kappa shape index (κ2) is 5.74. The van der Waals surface area contributed by atoms with E-state index in [9.17, 15) is 4.79 Å². The van der Waals surface area contributed by atoms with E-state index in [0.29, 0.717) is 6.42 Å². The molecule has 3 heteroatoms. The van der Waals surface area contributed by atoms with Crippen LogP contribution in [-0.4, -0.2) is 31.0 Å². The van der Waals surface area contributed by atoms with Crippen LogP contribution in [0.5, 0.6) is 0 Å². The van der Waals surface area contributed by atoms with Crippen LogP contribution in [-0.2, 0) is 15.1 Å². The fourth-order valence-corrected chi connectivity index (χ4v) is 3.14. The van der Waals surface area contributed by atoms with E-state index in [1.165, 1.54) is 0 Å². The van der Waals surface area contributed by atoms with Crippen molar-refractivity contribution in [3.8, 4) is 0 Å². The Hall–Kier alpha value is -1.35. The monoisotopic (exact) mass is 261 g/mol. The molecule has 1 aliphatic rings. The van der Waals surface area contributed by atoms with Crippen LogP contribution < -0.4 is 0 Å². The number of rotatable bonds is 4. The Balaban J connectivity index is 2.41. The first-order chi connectivity index (χ1) is 9.10. The smallest absolute Gasteiger partial charge is 0.306 e. The van der Waals surface area contributed by atoms with Crippen molar-refractivity contribution in [2.24, 2.45) is 0 Å². The Morgan fingerprint density at radius 2 is 2.05 bits per heavy atom. The van der Waals surface area contributed by atoms with Gasteiger partial charge in [-0.25, -0.2) is 0 Å². The Kier molecular flexibility index (Phi) is 4.25. The molecule has 0 bridgehead atoms. The molecule has 19 heavy (non-hydrogen) atoms. The lowest BCUT2D eigenvalue weighted by molar-refractivity contribution is -0.166. The summed E-state index contributed by atoms with van der Waals surface area (Å²) in [5, 5.41) is 0. The predicted molar refractivity (Wildman–Crippen MR) is 75.8 cm³/mol. The minimum Gasteiger partial charge on any atom is -0.452 e. The van der Waals surface area contributed by atoms with Gasteiger partial charge in [0.1, 0.15) is 0 Å². The predicted octanol–water partition coefficient (Wildman–Crippen LogP) is 2.95. The largest absolute Gasteiger partial charge is 0.452 e. The number of likely N-dealkylation sites (N-methyl/N-ethyl adjacent to an activating group) is 1. The van der Waals surface area contributed by atoms with E-state index in [-0.39, 0.29) is 12.0 Å². The number of hydrogen-bond acceptors (Lipinski definition) is 3. The molecule has 1 fully saturated rings. The van der Waals surface area contributed by atoms with Crippen LogP contribution in [0.1, 0.15) is 38.2 Å². The molecule has 0 spiro atoms. The van der Waals surface area contributed by atoms with Gasteiger partial charge >= 0.3 is 5.97 Å². The molecule has 0 aromatic heterocycles. The topological polar surface area (TPSA) is 29.5 Å². The summed E-state index contributed by atoms with van der Waals surface area (Å²) in [6.45, 7) is 1.85. The van der Waals surface area contributed by atoms with E-state index in [1.807, 2.05) is 25.1 Å². The van der Waals surface area contributed by atoms with Crippen molar-refractivity contribution in [1.82, 2.24) is 4.90 Å². The van der Waals surface area contributed by atoms with Gasteiger partial charge in [-0.05, 0) is 38.9 Å². The summed E-state index contributed by atoms with van der Waals surface area (Å²) in [4.78, 5) is 14.1. The molecule has 0 saturated heterocycles. The van der Waals surface area contributed by atoms with Crippen molar-refractivity contribution >= 4 is 5.97 Å². The standard InChI is InChI=1S/C16H23NO2/c1-4-15(18)19-16(13-9-6-5-7-10-13)12-8-11-14(16)17(2)3/h5-7,9-10,14H,4,8,11-12H2,1-3H3/t14-,16?/m1/s1. The maximum Gasteiger partial charge on any atom is 0.306 e. The molecule has 1 aliphatic carbocycles. The average molecular weight is 261 g/mol. The average Bonchev–Trinajstić information content (AvgIpc) is 2.84. The summed E-state index contributed by atoms with van der Waals surface area (Å²) in [6.07, 6.45) is 3.49. The zero-order chi connectivity index (χ0) is 13.9. The molecule has 104 valence electrons. The van der Waals surface area contributed by atoms with Crippen LogP contribution in [0.4, 0.5) is 0 Å². The summed E-state index contributed by atoms with van der Waals surface area (Å²) in [5.74, 6) is -0.113. The summed E-state index contributed by atoms with van der Waals surface area (Å²) in [7, 11) is 4.13. The van der Waals surface area contributed by atoms with Crippen LogP contribution in [0.25, 0.3) is 0 Å². The van der Waals surface area contributed by atoms with Crippen molar-refractivity contribution in [3.05, 3.63) is 35.9 Å². The lowest BCUT2D eigenvalue weighted by Crippen LogP contribution is -2.47. The van der Waals surface area contributed by atoms with Crippen molar-refractivity contribution in [1.29, 1.82) is 0 Å². The van der Waals surface area contributed by atoms with E-state index in [4.69, 9.17) is 4.74 Å². The molecule has 2 atom stereocenters. The summed E-state index contributed by atoms with van der Waals surface area (Å²) >= 11 is 0. The van der Waals surface area contributed by atoms with E-state index >= 15 is 0 Å². The van der Waals surface area contributed by atoms with E-state index < -0.39 is 5.60 Å². The second-order valence-electron chi connectivity index (χ2n) is 5.45. The maximum absolute atomic E-state index is 11.9. The first-order valence-electron chi connectivity index (χ1n) is 7.04. The number of ether oxygens (including phenoxy) is 1. The van der Waals surface area contributed by atoms with Gasteiger partial charge in [-0.1, -0.05) is 37.3 Å². The van der Waals surface area contributed by atoms with Crippen LogP contribution >= 0.6 is 0 Å². The third-order valence-corrected chi connectivity index (χ3v) is 4.03. The van der Waals surface area contributed by atoms with Crippen molar-refractivity contribution in [3.63, 3.8) is 0 Å². The Morgan fingerprint density at radius 1 is 1.37 bits per heavy atom. The van der Waals surface area contributed by atoms with E-state index in [1.54, 1.807) is 0 Å². The number of nitrogens with zero attached hydrogens (tertiary/aromatic N) is 1. The van der Waals surface area contributed by atoms with Crippen LogP contribution in [0.2, 0.25) is 0 Å². The lowest BCUT2D eigenvalue weighted by Gasteiger charge is -2.39. The highest BCUT2D eigenvalue weighted by atomic mass is 16.6. The lowest BCUT2D eigenvalue weighted by atomic mass is 9.87. The number of hydrogen-bond donors (Lipinski definition) is 0. The molecule has 1 saturated carbocycles. The molecule has 3 nitrogen and oxygen atoms in total. The molecule has 1 unspecified atom stereocenters. The maximum atomic E-state index is 11.9. The van der Waals surface area contributed by atoms with Gasteiger partial charge in [-0.3, -0.25) is 4.79 Å². The van der Waals surface area contributed by atoms with E-state index in [2.05, 4.69) is 31.1 Å². The fraction of sp³-hybridized carbons (Fsp3) is 0.562. The summed E-state index contributed by atoms with van der Waals surface area (Å²) in [6, 6.07) is 10.4. The molecule has 1 aromatic rings. The summed E-state index contributed by atoms with van der Waals surface area (Å²) < 4.78 is 5.93. The number of esters is 1. The Bertz CT molecular complexity index is 430. The van der Waals surface area contributed by atoms with Gasteiger partial charge in [-0.15, -0.1) is 0 Å². The van der Waals surface area contributed by atoms with Gasteiger partial charge in [0.2, 0.25) is 0 Å². The van der Waals surface area contributed by atoms with Crippen molar-refractivity contribution < 1.29 is 9.53 Å². The van der Waals surface area contributed by atoms with Gasteiger partial charge in [0.05, 0.1) is 6.04 Å². The molecule has 0 radical (unpaired) electrons.